The Labute approximate surface area is 127 Å². The van der Waals surface area contributed by atoms with Gasteiger partial charge in [0.05, 0.1) is 0 Å². The number of hydrogen-bond acceptors (Lipinski definition) is 2. The molecule has 1 aromatic carbocycles. The molecule has 2 atom stereocenters. The van der Waals surface area contributed by atoms with Gasteiger partial charge in [-0.1, -0.05) is 30.3 Å². The van der Waals surface area contributed by atoms with Crippen LogP contribution in [0.4, 0.5) is 0 Å². The van der Waals surface area contributed by atoms with Crippen molar-refractivity contribution < 1.29 is 0 Å². The number of guanidine groups is 1. The van der Waals surface area contributed by atoms with Gasteiger partial charge in [-0.15, -0.1) is 0 Å². The van der Waals surface area contributed by atoms with Gasteiger partial charge in [-0.05, 0) is 37.3 Å². The second-order valence-electron chi connectivity index (χ2n) is 6.24. The predicted molar refractivity (Wildman–Crippen MR) is 87.1 cm³/mol. The minimum absolute atomic E-state index is 0.702. The van der Waals surface area contributed by atoms with Gasteiger partial charge in [0.15, 0.2) is 5.96 Å². The van der Waals surface area contributed by atoms with Gasteiger partial charge in [0.25, 0.3) is 0 Å². The Morgan fingerprint density at radius 1 is 1.24 bits per heavy atom. The van der Waals surface area contributed by atoms with Gasteiger partial charge in [0.1, 0.15) is 0 Å². The van der Waals surface area contributed by atoms with E-state index in [0.717, 1.165) is 25.6 Å². The van der Waals surface area contributed by atoms with E-state index in [1.165, 1.54) is 31.4 Å². The van der Waals surface area contributed by atoms with Crippen LogP contribution in [0.2, 0.25) is 0 Å². The maximum absolute atomic E-state index is 5.99. The number of rotatable bonds is 2. The van der Waals surface area contributed by atoms with Crippen molar-refractivity contribution >= 4 is 5.96 Å². The van der Waals surface area contributed by atoms with E-state index in [1.54, 1.807) is 7.05 Å². The van der Waals surface area contributed by atoms with E-state index in [1.807, 2.05) is 0 Å². The van der Waals surface area contributed by atoms with Crippen molar-refractivity contribution in [3.8, 4) is 0 Å². The van der Waals surface area contributed by atoms with Crippen LogP contribution in [0.1, 0.15) is 24.8 Å². The van der Waals surface area contributed by atoms with E-state index in [4.69, 9.17) is 5.73 Å². The number of nitrogens with two attached hydrogens (primary N) is 1. The Balaban J connectivity index is 1.66. The van der Waals surface area contributed by atoms with Gasteiger partial charge in [-0.2, -0.15) is 0 Å². The van der Waals surface area contributed by atoms with E-state index < -0.39 is 0 Å². The summed E-state index contributed by atoms with van der Waals surface area (Å²) in [6, 6.07) is 11.5. The molecule has 2 heterocycles. The number of aliphatic imine (C=N–C) groups is 1. The van der Waals surface area contributed by atoms with Crippen molar-refractivity contribution in [1.82, 2.24) is 9.80 Å². The van der Waals surface area contributed by atoms with Gasteiger partial charge in [0, 0.05) is 32.7 Å². The fourth-order valence-corrected chi connectivity index (χ4v) is 3.87. The average molecular weight is 286 g/mol. The molecule has 0 aromatic heterocycles. The summed E-state index contributed by atoms with van der Waals surface area (Å²) >= 11 is 0. The molecule has 4 nitrogen and oxygen atoms in total. The van der Waals surface area contributed by atoms with Gasteiger partial charge in [0.2, 0.25) is 0 Å². The van der Waals surface area contributed by atoms with Crippen molar-refractivity contribution in [2.24, 2.45) is 16.6 Å². The smallest absolute Gasteiger partial charge is 0.190 e. The molecular weight excluding hydrogens is 260 g/mol. The largest absolute Gasteiger partial charge is 0.370 e. The summed E-state index contributed by atoms with van der Waals surface area (Å²) in [4.78, 5) is 9.08. The van der Waals surface area contributed by atoms with E-state index >= 15 is 0 Å². The minimum Gasteiger partial charge on any atom is -0.370 e. The summed E-state index contributed by atoms with van der Waals surface area (Å²) in [5.74, 6) is 1.44. The molecule has 0 bridgehead atoms. The van der Waals surface area contributed by atoms with Crippen LogP contribution in [0.15, 0.2) is 35.3 Å². The third-order valence-corrected chi connectivity index (χ3v) is 4.96. The zero-order valence-electron chi connectivity index (χ0n) is 12.9. The number of fused-ring (bicyclic) bond motifs is 1. The van der Waals surface area contributed by atoms with Crippen LogP contribution in [-0.4, -0.2) is 48.5 Å². The Morgan fingerprint density at radius 2 is 2.05 bits per heavy atom. The molecule has 2 saturated heterocycles. The molecule has 3 rings (SSSR count). The molecular formula is C17H26N4. The highest BCUT2D eigenvalue weighted by Crippen LogP contribution is 2.31. The normalized spacial score (nSPS) is 27.5. The first-order chi connectivity index (χ1) is 10.3. The number of likely N-dealkylation sites (tertiary alicyclic amines) is 2. The van der Waals surface area contributed by atoms with E-state index in [-0.39, 0.29) is 0 Å². The van der Waals surface area contributed by atoms with Crippen LogP contribution < -0.4 is 5.73 Å². The van der Waals surface area contributed by atoms with Gasteiger partial charge >= 0.3 is 0 Å². The van der Waals surface area contributed by atoms with Crippen molar-refractivity contribution in [3.05, 3.63) is 35.9 Å². The Morgan fingerprint density at radius 3 is 2.81 bits per heavy atom. The summed E-state index contributed by atoms with van der Waals surface area (Å²) in [6.07, 6.45) is 3.82. The van der Waals surface area contributed by atoms with Crippen LogP contribution in [0.25, 0.3) is 0 Å². The van der Waals surface area contributed by atoms with Gasteiger partial charge in [-0.3, -0.25) is 9.89 Å². The topological polar surface area (TPSA) is 44.9 Å². The van der Waals surface area contributed by atoms with Crippen molar-refractivity contribution in [2.75, 3.05) is 26.7 Å². The number of piperidine rings is 2. The Bertz CT molecular complexity index is 485. The molecule has 2 N–H and O–H groups in total. The first kappa shape index (κ1) is 14.4. The first-order valence-electron chi connectivity index (χ1n) is 8.03. The van der Waals surface area contributed by atoms with Crippen LogP contribution in [0.3, 0.4) is 0 Å². The molecule has 4 heteroatoms. The fraction of sp³-hybridized carbons (Fsp3) is 0.588. The fourth-order valence-electron chi connectivity index (χ4n) is 3.87. The van der Waals surface area contributed by atoms with Crippen LogP contribution in [0.5, 0.6) is 0 Å². The molecule has 0 radical (unpaired) electrons. The molecule has 0 aliphatic carbocycles. The van der Waals surface area contributed by atoms with E-state index in [0.29, 0.717) is 12.0 Å². The molecule has 0 amide bonds. The molecule has 2 unspecified atom stereocenters. The zero-order chi connectivity index (χ0) is 14.7. The Hall–Kier alpha value is -1.55. The van der Waals surface area contributed by atoms with Gasteiger partial charge < -0.3 is 10.6 Å². The zero-order valence-corrected chi connectivity index (χ0v) is 12.9. The highest BCUT2D eigenvalue weighted by Gasteiger charge is 2.36. The second-order valence-corrected chi connectivity index (χ2v) is 6.24. The van der Waals surface area contributed by atoms with Crippen molar-refractivity contribution in [1.29, 1.82) is 0 Å². The molecule has 1 aromatic rings. The quantitative estimate of drug-likeness (QED) is 0.667. The lowest BCUT2D eigenvalue weighted by molar-refractivity contribution is 0.0378. The second kappa shape index (κ2) is 6.48. The molecule has 2 aliphatic heterocycles. The highest BCUT2D eigenvalue weighted by molar-refractivity contribution is 5.78. The number of benzene rings is 1. The monoisotopic (exact) mass is 286 g/mol. The summed E-state index contributed by atoms with van der Waals surface area (Å²) in [5.41, 5.74) is 7.42. The van der Waals surface area contributed by atoms with Crippen molar-refractivity contribution in [3.63, 3.8) is 0 Å². The molecule has 2 aliphatic rings. The SMILES string of the molecule is CN=C(N)N1CCC2C(CCCN2Cc2ccccc2)C1. The van der Waals surface area contributed by atoms with Gasteiger partial charge in [-0.25, -0.2) is 0 Å². The lowest BCUT2D eigenvalue weighted by Gasteiger charge is -2.47. The molecule has 2 fully saturated rings. The average Bonchev–Trinajstić information content (AvgIpc) is 2.55. The van der Waals surface area contributed by atoms with Crippen LogP contribution in [-0.2, 0) is 6.54 Å². The maximum Gasteiger partial charge on any atom is 0.190 e. The highest BCUT2D eigenvalue weighted by atomic mass is 15.3. The molecule has 0 saturated carbocycles. The third-order valence-electron chi connectivity index (χ3n) is 4.96. The number of hydrogen-bond donors (Lipinski definition) is 1. The Kier molecular flexibility index (Phi) is 4.44. The van der Waals surface area contributed by atoms with Crippen LogP contribution in [0, 0.1) is 5.92 Å². The summed E-state index contributed by atoms with van der Waals surface area (Å²) < 4.78 is 0. The molecule has 21 heavy (non-hydrogen) atoms. The standard InChI is InChI=1S/C17H26N4/c1-19-17(18)21-11-9-16-15(13-21)8-5-10-20(16)12-14-6-3-2-4-7-14/h2-4,6-7,15-16H,5,8-13H2,1H3,(H2,18,19). The summed E-state index contributed by atoms with van der Waals surface area (Å²) in [5, 5.41) is 0. The van der Waals surface area contributed by atoms with E-state index in [9.17, 15) is 0 Å². The predicted octanol–water partition coefficient (Wildman–Crippen LogP) is 1.92. The molecule has 114 valence electrons. The summed E-state index contributed by atoms with van der Waals surface area (Å²) in [7, 11) is 1.78. The summed E-state index contributed by atoms with van der Waals surface area (Å²) in [6.45, 7) is 4.42. The van der Waals surface area contributed by atoms with Crippen LogP contribution >= 0.6 is 0 Å². The lowest BCUT2D eigenvalue weighted by atomic mass is 9.83. The van der Waals surface area contributed by atoms with E-state index in [2.05, 4.69) is 45.1 Å². The maximum atomic E-state index is 5.99. The number of nitrogens with zero attached hydrogens (tertiary/aromatic N) is 3. The minimum atomic E-state index is 0.702. The van der Waals surface area contributed by atoms with Crippen molar-refractivity contribution in [2.45, 2.75) is 31.8 Å². The first-order valence-corrected chi connectivity index (χ1v) is 8.03. The third kappa shape index (κ3) is 3.21. The lowest BCUT2D eigenvalue weighted by Crippen LogP contribution is -2.56. The molecule has 0 spiro atoms.